The van der Waals surface area contributed by atoms with Crippen LogP contribution in [0.2, 0.25) is 0 Å². The van der Waals surface area contributed by atoms with E-state index in [0.717, 1.165) is 12.6 Å². The Morgan fingerprint density at radius 3 is 2.80 bits per heavy atom. The zero-order valence-electron chi connectivity index (χ0n) is 8.93. The van der Waals surface area contributed by atoms with Crippen molar-refractivity contribution in [1.29, 1.82) is 0 Å². The first-order valence-corrected chi connectivity index (χ1v) is 5.00. The lowest BCUT2D eigenvalue weighted by atomic mass is 10.1. The van der Waals surface area contributed by atoms with Crippen molar-refractivity contribution in [2.45, 2.75) is 19.9 Å². The van der Waals surface area contributed by atoms with Crippen molar-refractivity contribution in [2.24, 2.45) is 0 Å². The van der Waals surface area contributed by atoms with Gasteiger partial charge in [-0.3, -0.25) is 0 Å². The molecule has 82 valence electrons. The molecule has 0 saturated heterocycles. The van der Waals surface area contributed by atoms with Gasteiger partial charge < -0.3 is 5.32 Å². The predicted octanol–water partition coefficient (Wildman–Crippen LogP) is 2.98. The first-order chi connectivity index (χ1) is 7.15. The second-order valence-electron chi connectivity index (χ2n) is 3.35. The van der Waals surface area contributed by atoms with Crippen LogP contribution >= 0.6 is 0 Å². The fraction of sp³-hybridized carbons (Fsp3) is 0.333. The third kappa shape index (κ3) is 3.44. The normalized spacial score (nSPS) is 13.3. The Kier molecular flexibility index (Phi) is 4.43. The molecule has 3 heteroatoms. The van der Waals surface area contributed by atoms with E-state index in [-0.39, 0.29) is 11.6 Å². The smallest absolute Gasteiger partial charge is 0.166 e. The van der Waals surface area contributed by atoms with Crippen molar-refractivity contribution in [1.82, 2.24) is 5.32 Å². The topological polar surface area (TPSA) is 12.0 Å². The molecule has 0 fully saturated rings. The minimum absolute atomic E-state index is 0.151. The third-order valence-electron chi connectivity index (χ3n) is 2.07. The van der Waals surface area contributed by atoms with E-state index in [9.17, 15) is 8.78 Å². The maximum Gasteiger partial charge on any atom is 0.166 e. The second-order valence-corrected chi connectivity index (χ2v) is 3.35. The number of benzene rings is 1. The second kappa shape index (κ2) is 5.61. The van der Waals surface area contributed by atoms with E-state index < -0.39 is 11.6 Å². The summed E-state index contributed by atoms with van der Waals surface area (Å²) in [5, 5.41) is 3.15. The molecular formula is C12H15F2N. The molecule has 1 nitrogen and oxygen atoms in total. The number of hydrogen-bond acceptors (Lipinski definition) is 1. The van der Waals surface area contributed by atoms with Crippen LogP contribution in [0, 0.1) is 11.6 Å². The SMILES string of the molecule is CCNC(C)/C=C/c1cccc(F)c1F. The highest BCUT2D eigenvalue weighted by molar-refractivity contribution is 5.50. The Labute approximate surface area is 88.8 Å². The highest BCUT2D eigenvalue weighted by Gasteiger charge is 2.04. The maximum atomic E-state index is 13.2. The van der Waals surface area contributed by atoms with Crippen LogP contribution in [-0.4, -0.2) is 12.6 Å². The molecule has 0 saturated carbocycles. The molecule has 15 heavy (non-hydrogen) atoms. The highest BCUT2D eigenvalue weighted by atomic mass is 19.2. The van der Waals surface area contributed by atoms with Gasteiger partial charge in [0.1, 0.15) is 0 Å². The first-order valence-electron chi connectivity index (χ1n) is 5.00. The molecular weight excluding hydrogens is 196 g/mol. The average Bonchev–Trinajstić information content (AvgIpc) is 2.21. The maximum absolute atomic E-state index is 13.2. The van der Waals surface area contributed by atoms with Gasteiger partial charge in [-0.1, -0.05) is 31.2 Å². The zero-order chi connectivity index (χ0) is 11.3. The standard InChI is InChI=1S/C12H15F2N/c1-3-15-9(2)7-8-10-5-4-6-11(13)12(10)14/h4-9,15H,3H2,1-2H3/b8-7+. The molecule has 0 aliphatic carbocycles. The molecule has 1 rings (SSSR count). The molecule has 0 aromatic heterocycles. The van der Waals surface area contributed by atoms with Crippen LogP contribution in [0.4, 0.5) is 8.78 Å². The zero-order valence-corrected chi connectivity index (χ0v) is 8.93. The number of hydrogen-bond donors (Lipinski definition) is 1. The van der Waals surface area contributed by atoms with Crippen LogP contribution in [0.5, 0.6) is 0 Å². The Balaban J connectivity index is 2.76. The summed E-state index contributed by atoms with van der Waals surface area (Å²) >= 11 is 0. The predicted molar refractivity (Wildman–Crippen MR) is 58.5 cm³/mol. The molecule has 0 spiro atoms. The van der Waals surface area contributed by atoms with E-state index in [1.54, 1.807) is 18.2 Å². The van der Waals surface area contributed by atoms with E-state index in [0.29, 0.717) is 0 Å². The molecule has 1 atom stereocenters. The van der Waals surface area contributed by atoms with Crippen LogP contribution in [0.3, 0.4) is 0 Å². The van der Waals surface area contributed by atoms with Crippen LogP contribution in [0.15, 0.2) is 24.3 Å². The lowest BCUT2D eigenvalue weighted by Gasteiger charge is -2.06. The molecule has 1 aromatic carbocycles. The summed E-state index contributed by atoms with van der Waals surface area (Å²) in [6, 6.07) is 4.31. The lowest BCUT2D eigenvalue weighted by molar-refractivity contribution is 0.507. The Hall–Kier alpha value is -1.22. The molecule has 1 unspecified atom stereocenters. The summed E-state index contributed by atoms with van der Waals surface area (Å²) in [7, 11) is 0. The first kappa shape index (κ1) is 11.9. The van der Waals surface area contributed by atoms with Gasteiger partial charge in [-0.15, -0.1) is 0 Å². The average molecular weight is 211 g/mol. The van der Waals surface area contributed by atoms with E-state index in [1.165, 1.54) is 6.07 Å². The molecule has 0 bridgehead atoms. The summed E-state index contributed by atoms with van der Waals surface area (Å²) < 4.78 is 26.0. The van der Waals surface area contributed by atoms with Gasteiger partial charge in [0.25, 0.3) is 0 Å². The van der Waals surface area contributed by atoms with Gasteiger partial charge in [0, 0.05) is 11.6 Å². The lowest BCUT2D eigenvalue weighted by Crippen LogP contribution is -2.22. The van der Waals surface area contributed by atoms with Gasteiger partial charge in [-0.05, 0) is 19.5 Å². The Morgan fingerprint density at radius 1 is 1.40 bits per heavy atom. The number of halogens is 2. The van der Waals surface area contributed by atoms with Gasteiger partial charge in [0.2, 0.25) is 0 Å². The van der Waals surface area contributed by atoms with Gasteiger partial charge in [-0.25, -0.2) is 8.78 Å². The summed E-state index contributed by atoms with van der Waals surface area (Å²) in [6.45, 7) is 4.79. The van der Waals surface area contributed by atoms with Crippen molar-refractivity contribution >= 4 is 6.08 Å². The summed E-state index contributed by atoms with van der Waals surface area (Å²) in [5.41, 5.74) is 0.278. The van der Waals surface area contributed by atoms with Crippen molar-refractivity contribution in [3.05, 3.63) is 41.5 Å². The number of likely N-dealkylation sites (N-methyl/N-ethyl adjacent to an activating group) is 1. The Bertz CT molecular complexity index is 347. The highest BCUT2D eigenvalue weighted by Crippen LogP contribution is 2.12. The van der Waals surface area contributed by atoms with Crippen LogP contribution in [-0.2, 0) is 0 Å². The molecule has 1 aromatic rings. The molecule has 0 heterocycles. The van der Waals surface area contributed by atoms with Crippen LogP contribution < -0.4 is 5.32 Å². The van der Waals surface area contributed by atoms with Gasteiger partial charge >= 0.3 is 0 Å². The minimum Gasteiger partial charge on any atom is -0.311 e. The fourth-order valence-corrected chi connectivity index (χ4v) is 1.29. The van der Waals surface area contributed by atoms with Crippen molar-refractivity contribution < 1.29 is 8.78 Å². The summed E-state index contributed by atoms with van der Waals surface area (Å²) in [6.07, 6.45) is 3.40. The summed E-state index contributed by atoms with van der Waals surface area (Å²) in [5.74, 6) is -1.61. The molecule has 0 amide bonds. The van der Waals surface area contributed by atoms with Gasteiger partial charge in [0.05, 0.1) is 0 Å². The molecule has 1 N–H and O–H groups in total. The quantitative estimate of drug-likeness (QED) is 0.807. The number of rotatable bonds is 4. The fourth-order valence-electron chi connectivity index (χ4n) is 1.29. The van der Waals surface area contributed by atoms with Crippen molar-refractivity contribution in [2.75, 3.05) is 6.54 Å². The van der Waals surface area contributed by atoms with Crippen LogP contribution in [0.1, 0.15) is 19.4 Å². The van der Waals surface area contributed by atoms with Crippen molar-refractivity contribution in [3.63, 3.8) is 0 Å². The van der Waals surface area contributed by atoms with Gasteiger partial charge in [0.15, 0.2) is 11.6 Å². The third-order valence-corrected chi connectivity index (χ3v) is 2.07. The van der Waals surface area contributed by atoms with E-state index in [1.807, 2.05) is 13.8 Å². The van der Waals surface area contributed by atoms with E-state index in [2.05, 4.69) is 5.32 Å². The largest absolute Gasteiger partial charge is 0.311 e. The summed E-state index contributed by atoms with van der Waals surface area (Å²) in [4.78, 5) is 0. The molecule has 0 aliphatic rings. The Morgan fingerprint density at radius 2 is 2.13 bits per heavy atom. The van der Waals surface area contributed by atoms with E-state index in [4.69, 9.17) is 0 Å². The molecule has 0 radical (unpaired) electrons. The number of nitrogens with one attached hydrogen (secondary N) is 1. The van der Waals surface area contributed by atoms with Crippen molar-refractivity contribution in [3.8, 4) is 0 Å². The van der Waals surface area contributed by atoms with E-state index >= 15 is 0 Å². The van der Waals surface area contributed by atoms with Gasteiger partial charge in [-0.2, -0.15) is 0 Å². The monoisotopic (exact) mass is 211 g/mol. The van der Waals surface area contributed by atoms with Crippen LogP contribution in [0.25, 0.3) is 6.08 Å². The molecule has 0 aliphatic heterocycles. The minimum atomic E-state index is -0.812.